The minimum atomic E-state index is -0.325. The fourth-order valence-electron chi connectivity index (χ4n) is 10.3. The number of amides is 1. The molecule has 1 amide bonds. The van der Waals surface area contributed by atoms with E-state index in [0.29, 0.717) is 42.3 Å². The van der Waals surface area contributed by atoms with Crippen LogP contribution in [0.25, 0.3) is 0 Å². The molecule has 1 N–H and O–H groups in total. The number of carbonyl (C=O) groups excluding carboxylic acids is 1. The maximum absolute atomic E-state index is 13.3. The van der Waals surface area contributed by atoms with Crippen molar-refractivity contribution in [1.82, 2.24) is 5.06 Å². The number of hydroxylamine groups is 2. The molecule has 0 bridgehead atoms. The summed E-state index contributed by atoms with van der Waals surface area (Å²) in [5, 5.41) is 12.0. The number of rotatable bonds is 4. The van der Waals surface area contributed by atoms with Crippen molar-refractivity contribution >= 4 is 5.91 Å². The van der Waals surface area contributed by atoms with Gasteiger partial charge in [0, 0.05) is 12.3 Å². The van der Waals surface area contributed by atoms with Crippen LogP contribution in [0.1, 0.15) is 98.8 Å². The van der Waals surface area contributed by atoms with Crippen molar-refractivity contribution in [2.75, 3.05) is 13.2 Å². The third-order valence-corrected chi connectivity index (χ3v) is 12.5. The Hall–Kier alpha value is -0.910. The zero-order valence-corrected chi connectivity index (χ0v) is 23.3. The van der Waals surface area contributed by atoms with Crippen LogP contribution in [0.2, 0.25) is 0 Å². The highest BCUT2D eigenvalue weighted by Gasteiger charge is 2.59. The molecular weight excluding hydrogens is 450 g/mol. The summed E-state index contributed by atoms with van der Waals surface area (Å²) < 4.78 is 5.71. The summed E-state index contributed by atoms with van der Waals surface area (Å²) in [5.41, 5.74) is 1.95. The molecule has 0 aromatic heterocycles. The standard InChI is InChI=1S/C31H49NO4/c1-19(6-11-28(34)32-27-18-35-17-26(27)29(2,3)36-32)23-9-10-24-22-8-7-20-16-21(33)12-14-30(20,4)25(22)13-15-31(23,24)5/h7,19,21-27,33H,6,8-18H2,1-5H3/t19?,21-,22-,23+,24-,25-,26-,27+,30-,31+/m0/s1. The highest BCUT2D eigenvalue weighted by atomic mass is 16.7. The van der Waals surface area contributed by atoms with Gasteiger partial charge in [-0.2, -0.15) is 0 Å². The Morgan fingerprint density at radius 3 is 2.69 bits per heavy atom. The van der Waals surface area contributed by atoms with Crippen molar-refractivity contribution in [2.24, 2.45) is 46.3 Å². The van der Waals surface area contributed by atoms with Gasteiger partial charge in [0.05, 0.1) is 31.0 Å². The second-order valence-corrected chi connectivity index (χ2v) is 14.5. The van der Waals surface area contributed by atoms with Crippen LogP contribution in [0, 0.1) is 46.3 Å². The monoisotopic (exact) mass is 499 g/mol. The van der Waals surface area contributed by atoms with Crippen LogP contribution < -0.4 is 0 Å². The normalized spacial score (nSPS) is 48.0. The van der Waals surface area contributed by atoms with Gasteiger partial charge in [-0.3, -0.25) is 9.63 Å². The van der Waals surface area contributed by atoms with Crippen LogP contribution in [-0.4, -0.2) is 47.0 Å². The molecule has 6 rings (SSSR count). The van der Waals surface area contributed by atoms with Gasteiger partial charge in [-0.1, -0.05) is 32.4 Å². The average Bonchev–Trinajstić information content (AvgIpc) is 3.52. The Kier molecular flexibility index (Phi) is 6.21. The summed E-state index contributed by atoms with van der Waals surface area (Å²) in [7, 11) is 0. The number of aliphatic hydroxyl groups is 1. The number of fused-ring (bicyclic) bond motifs is 6. The van der Waals surface area contributed by atoms with Gasteiger partial charge in [-0.15, -0.1) is 0 Å². The molecule has 3 saturated carbocycles. The largest absolute Gasteiger partial charge is 0.393 e. The summed E-state index contributed by atoms with van der Waals surface area (Å²) in [6.45, 7) is 13.0. The number of aliphatic hydroxyl groups excluding tert-OH is 1. The lowest BCUT2D eigenvalue weighted by Crippen LogP contribution is -2.50. The summed E-state index contributed by atoms with van der Waals surface area (Å²) in [6.07, 6.45) is 13.5. The topological polar surface area (TPSA) is 59.0 Å². The SMILES string of the molecule is CC(CCC(=O)N1OC(C)(C)[C@H]2COC[C@H]21)[C@H]1CC[C@H]2[C@@H]3CC=C4C[C@@H](O)CC[C@]4(C)[C@H]3CC[C@]12C. The Morgan fingerprint density at radius 2 is 1.89 bits per heavy atom. The van der Waals surface area contributed by atoms with Crippen molar-refractivity contribution in [1.29, 1.82) is 0 Å². The van der Waals surface area contributed by atoms with Crippen molar-refractivity contribution in [2.45, 2.75) is 117 Å². The van der Waals surface area contributed by atoms with E-state index in [1.807, 2.05) is 0 Å². The van der Waals surface area contributed by atoms with E-state index in [9.17, 15) is 9.90 Å². The first kappa shape index (κ1) is 25.4. The first-order chi connectivity index (χ1) is 17.0. The van der Waals surface area contributed by atoms with E-state index in [4.69, 9.17) is 9.57 Å². The summed E-state index contributed by atoms with van der Waals surface area (Å²) >= 11 is 0. The van der Waals surface area contributed by atoms with Crippen molar-refractivity contribution in [3.8, 4) is 0 Å². The highest BCUT2D eigenvalue weighted by molar-refractivity contribution is 5.75. The minimum absolute atomic E-state index is 0.0815. The lowest BCUT2D eigenvalue weighted by Gasteiger charge is -2.58. The van der Waals surface area contributed by atoms with Crippen molar-refractivity contribution in [3.05, 3.63) is 11.6 Å². The Balaban J connectivity index is 1.11. The molecular formula is C31H49NO4. The van der Waals surface area contributed by atoms with Crippen LogP contribution in [0.15, 0.2) is 11.6 Å². The Labute approximate surface area is 218 Å². The van der Waals surface area contributed by atoms with Gasteiger partial charge < -0.3 is 9.84 Å². The van der Waals surface area contributed by atoms with E-state index in [1.54, 1.807) is 10.6 Å². The highest BCUT2D eigenvalue weighted by Crippen LogP contribution is 2.67. The number of hydrogen-bond acceptors (Lipinski definition) is 4. The maximum atomic E-state index is 13.3. The van der Waals surface area contributed by atoms with Gasteiger partial charge in [0.25, 0.3) is 0 Å². The number of carbonyl (C=O) groups is 1. The van der Waals surface area contributed by atoms with Gasteiger partial charge in [-0.05, 0) is 112 Å². The molecule has 202 valence electrons. The molecule has 0 aromatic carbocycles. The van der Waals surface area contributed by atoms with E-state index in [0.717, 1.165) is 43.4 Å². The van der Waals surface area contributed by atoms with Crippen molar-refractivity contribution in [3.63, 3.8) is 0 Å². The fraction of sp³-hybridized carbons (Fsp3) is 0.903. The van der Waals surface area contributed by atoms with E-state index < -0.39 is 0 Å². The van der Waals surface area contributed by atoms with Crippen LogP contribution in [-0.2, 0) is 14.4 Å². The molecule has 4 aliphatic carbocycles. The smallest absolute Gasteiger partial charge is 0.246 e. The predicted octanol–water partition coefficient (Wildman–Crippen LogP) is 5.91. The molecule has 2 aliphatic heterocycles. The molecule has 5 nitrogen and oxygen atoms in total. The second-order valence-electron chi connectivity index (χ2n) is 14.5. The van der Waals surface area contributed by atoms with Crippen LogP contribution >= 0.6 is 0 Å². The summed E-state index contributed by atoms with van der Waals surface area (Å²) in [4.78, 5) is 19.4. The first-order valence-electron chi connectivity index (χ1n) is 15.0. The molecule has 0 aromatic rings. The molecule has 5 heteroatoms. The summed E-state index contributed by atoms with van der Waals surface area (Å²) in [6, 6.07) is 0.0815. The molecule has 6 aliphatic rings. The van der Waals surface area contributed by atoms with Gasteiger partial charge in [0.2, 0.25) is 5.91 Å². The molecule has 0 spiro atoms. The molecule has 10 atom stereocenters. The van der Waals surface area contributed by atoms with Gasteiger partial charge in [-0.25, -0.2) is 5.06 Å². The fourth-order valence-corrected chi connectivity index (χ4v) is 10.3. The van der Waals surface area contributed by atoms with Crippen LogP contribution in [0.3, 0.4) is 0 Å². The first-order valence-corrected chi connectivity index (χ1v) is 15.0. The Morgan fingerprint density at radius 1 is 1.08 bits per heavy atom. The number of ether oxygens (including phenoxy) is 1. The maximum Gasteiger partial charge on any atom is 0.246 e. The average molecular weight is 500 g/mol. The van der Waals surface area contributed by atoms with Gasteiger partial charge in [0.15, 0.2) is 0 Å². The number of nitrogens with zero attached hydrogens (tertiary/aromatic N) is 1. The zero-order chi connectivity index (χ0) is 25.5. The quantitative estimate of drug-likeness (QED) is 0.489. The molecule has 2 heterocycles. The van der Waals surface area contributed by atoms with Gasteiger partial charge >= 0.3 is 0 Å². The molecule has 5 fully saturated rings. The molecule has 36 heavy (non-hydrogen) atoms. The summed E-state index contributed by atoms with van der Waals surface area (Å²) in [5.74, 6) is 4.08. The molecule has 0 radical (unpaired) electrons. The van der Waals surface area contributed by atoms with Crippen LogP contribution in [0.5, 0.6) is 0 Å². The lowest BCUT2D eigenvalue weighted by atomic mass is 9.47. The lowest BCUT2D eigenvalue weighted by molar-refractivity contribution is -0.211. The number of hydrogen-bond donors (Lipinski definition) is 1. The van der Waals surface area contributed by atoms with Gasteiger partial charge in [0.1, 0.15) is 0 Å². The van der Waals surface area contributed by atoms with E-state index in [1.165, 1.54) is 32.1 Å². The van der Waals surface area contributed by atoms with E-state index >= 15 is 0 Å². The Bertz CT molecular complexity index is 914. The second kappa shape index (κ2) is 8.81. The van der Waals surface area contributed by atoms with Crippen molar-refractivity contribution < 1.29 is 19.5 Å². The third kappa shape index (κ3) is 3.77. The third-order valence-electron chi connectivity index (χ3n) is 12.5. The van der Waals surface area contributed by atoms with E-state index in [-0.39, 0.29) is 29.6 Å². The zero-order valence-electron chi connectivity index (χ0n) is 23.3. The number of allylic oxidation sites excluding steroid dienone is 1. The predicted molar refractivity (Wildman–Crippen MR) is 140 cm³/mol. The van der Waals surface area contributed by atoms with E-state index in [2.05, 4.69) is 40.7 Å². The minimum Gasteiger partial charge on any atom is -0.393 e. The van der Waals surface area contributed by atoms with Crippen LogP contribution in [0.4, 0.5) is 0 Å². The molecule has 2 saturated heterocycles. The molecule has 1 unspecified atom stereocenters.